The molecule has 3 N–H and O–H groups in total. The van der Waals surface area contributed by atoms with Crippen LogP contribution in [0.1, 0.15) is 19.4 Å². The van der Waals surface area contributed by atoms with Gasteiger partial charge in [0.15, 0.2) is 0 Å². The first kappa shape index (κ1) is 15.8. The van der Waals surface area contributed by atoms with E-state index in [4.69, 9.17) is 10.5 Å². The van der Waals surface area contributed by atoms with Gasteiger partial charge in [0.25, 0.3) is 0 Å². The lowest BCUT2D eigenvalue weighted by molar-refractivity contribution is -0.124. The minimum atomic E-state index is -0.142. The van der Waals surface area contributed by atoms with Crippen molar-refractivity contribution in [3.05, 3.63) is 23.8 Å². The smallest absolute Gasteiger partial charge is 0.241 e. The molecule has 1 atom stereocenters. The minimum absolute atomic E-state index is 0.0233. The van der Waals surface area contributed by atoms with Crippen LogP contribution in [0.2, 0.25) is 0 Å². The second-order valence-electron chi connectivity index (χ2n) is 5.90. The van der Waals surface area contributed by atoms with Crippen molar-refractivity contribution in [2.75, 3.05) is 37.4 Å². The van der Waals surface area contributed by atoms with Crippen molar-refractivity contribution in [1.82, 2.24) is 4.90 Å². The second kappa shape index (κ2) is 6.91. The summed E-state index contributed by atoms with van der Waals surface area (Å²) in [5.74, 6) is 0.265. The Balaban J connectivity index is 2.09. The van der Waals surface area contributed by atoms with Crippen LogP contribution >= 0.6 is 0 Å². The molecule has 0 aliphatic carbocycles. The van der Waals surface area contributed by atoms with Crippen LogP contribution in [0.25, 0.3) is 0 Å². The fourth-order valence-corrected chi connectivity index (χ4v) is 2.68. The molecule has 0 saturated carbocycles. The molecule has 5 heteroatoms. The summed E-state index contributed by atoms with van der Waals surface area (Å²) in [6.07, 6.45) is 0. The SMILES string of the molecule is Cc1ccc(NC(=O)C(C(C)C)N2CCOCC2)cc1N. The number of nitrogens with zero attached hydrogens (tertiary/aromatic N) is 1. The van der Waals surface area contributed by atoms with Gasteiger partial charge in [-0.05, 0) is 30.5 Å². The van der Waals surface area contributed by atoms with Crippen LogP contribution in [0.5, 0.6) is 0 Å². The number of aryl methyl sites for hydroxylation is 1. The van der Waals surface area contributed by atoms with E-state index in [-0.39, 0.29) is 17.9 Å². The third-order valence-electron chi connectivity index (χ3n) is 3.89. The van der Waals surface area contributed by atoms with Crippen LogP contribution in [-0.2, 0) is 9.53 Å². The van der Waals surface area contributed by atoms with Gasteiger partial charge in [-0.2, -0.15) is 0 Å². The second-order valence-corrected chi connectivity index (χ2v) is 5.90. The molecular formula is C16H25N3O2. The van der Waals surface area contributed by atoms with Crippen molar-refractivity contribution < 1.29 is 9.53 Å². The standard InChI is InChI=1S/C16H25N3O2/c1-11(2)15(19-6-8-21-9-7-19)16(20)18-13-5-4-12(3)14(17)10-13/h4-5,10-11,15H,6-9,17H2,1-3H3,(H,18,20). The molecule has 0 spiro atoms. The highest BCUT2D eigenvalue weighted by atomic mass is 16.5. The van der Waals surface area contributed by atoms with Gasteiger partial charge in [-0.25, -0.2) is 0 Å². The molecule has 0 bridgehead atoms. The number of hydrogen-bond donors (Lipinski definition) is 2. The van der Waals surface area contributed by atoms with Gasteiger partial charge in [0.2, 0.25) is 5.91 Å². The first-order chi connectivity index (χ1) is 9.99. The number of ether oxygens (including phenoxy) is 1. The Morgan fingerprint density at radius 3 is 2.57 bits per heavy atom. The molecule has 5 nitrogen and oxygen atoms in total. The van der Waals surface area contributed by atoms with E-state index in [2.05, 4.69) is 24.1 Å². The van der Waals surface area contributed by atoms with E-state index in [1.165, 1.54) is 0 Å². The summed E-state index contributed by atoms with van der Waals surface area (Å²) >= 11 is 0. The normalized spacial score (nSPS) is 17.7. The van der Waals surface area contributed by atoms with E-state index in [1.54, 1.807) is 0 Å². The van der Waals surface area contributed by atoms with Crippen molar-refractivity contribution in [1.29, 1.82) is 0 Å². The molecule has 1 aromatic rings. The topological polar surface area (TPSA) is 67.6 Å². The Kier molecular flexibility index (Phi) is 5.20. The number of nitrogen functional groups attached to an aromatic ring is 1. The average Bonchev–Trinajstić information content (AvgIpc) is 2.44. The predicted molar refractivity (Wildman–Crippen MR) is 85.2 cm³/mol. The first-order valence-electron chi connectivity index (χ1n) is 7.48. The summed E-state index contributed by atoms with van der Waals surface area (Å²) in [6, 6.07) is 5.48. The molecule has 1 saturated heterocycles. The fraction of sp³-hybridized carbons (Fsp3) is 0.562. The van der Waals surface area contributed by atoms with Crippen molar-refractivity contribution in [2.45, 2.75) is 26.8 Å². The van der Waals surface area contributed by atoms with Gasteiger partial charge in [0.05, 0.1) is 19.3 Å². The maximum atomic E-state index is 12.6. The molecule has 1 aliphatic heterocycles. The van der Waals surface area contributed by atoms with E-state index >= 15 is 0 Å². The molecule has 0 radical (unpaired) electrons. The lowest BCUT2D eigenvalue weighted by Crippen LogP contribution is -2.51. The van der Waals surface area contributed by atoms with Crippen molar-refractivity contribution >= 4 is 17.3 Å². The monoisotopic (exact) mass is 291 g/mol. The Labute approximate surface area is 126 Å². The first-order valence-corrected chi connectivity index (χ1v) is 7.48. The molecular weight excluding hydrogens is 266 g/mol. The molecule has 21 heavy (non-hydrogen) atoms. The van der Waals surface area contributed by atoms with Gasteiger partial charge in [-0.3, -0.25) is 9.69 Å². The van der Waals surface area contributed by atoms with Gasteiger partial charge >= 0.3 is 0 Å². The zero-order chi connectivity index (χ0) is 15.4. The number of nitrogens with two attached hydrogens (primary N) is 1. The summed E-state index contributed by atoms with van der Waals surface area (Å²) in [6.45, 7) is 9.07. The Bertz CT molecular complexity index is 496. The van der Waals surface area contributed by atoms with Crippen LogP contribution in [-0.4, -0.2) is 43.2 Å². The van der Waals surface area contributed by atoms with Crippen molar-refractivity contribution in [2.24, 2.45) is 5.92 Å². The lowest BCUT2D eigenvalue weighted by atomic mass is 10.0. The number of rotatable bonds is 4. The van der Waals surface area contributed by atoms with Gasteiger partial charge < -0.3 is 15.8 Å². The molecule has 2 rings (SSSR count). The van der Waals surface area contributed by atoms with E-state index in [9.17, 15) is 4.79 Å². The average molecular weight is 291 g/mol. The van der Waals surface area contributed by atoms with Crippen LogP contribution in [0, 0.1) is 12.8 Å². The Morgan fingerprint density at radius 2 is 2.00 bits per heavy atom. The number of carbonyl (C=O) groups excluding carboxylic acids is 1. The lowest BCUT2D eigenvalue weighted by Gasteiger charge is -2.35. The van der Waals surface area contributed by atoms with E-state index in [0.29, 0.717) is 18.9 Å². The van der Waals surface area contributed by atoms with Crippen LogP contribution in [0.4, 0.5) is 11.4 Å². The molecule has 1 heterocycles. The van der Waals surface area contributed by atoms with Crippen LogP contribution in [0.15, 0.2) is 18.2 Å². The molecule has 1 amide bonds. The highest BCUT2D eigenvalue weighted by molar-refractivity contribution is 5.95. The zero-order valence-electron chi connectivity index (χ0n) is 13.1. The third-order valence-corrected chi connectivity index (χ3v) is 3.89. The summed E-state index contributed by atoms with van der Waals surface area (Å²) < 4.78 is 5.37. The van der Waals surface area contributed by atoms with Gasteiger partial charge in [-0.15, -0.1) is 0 Å². The molecule has 1 fully saturated rings. The number of nitrogens with one attached hydrogen (secondary N) is 1. The highest BCUT2D eigenvalue weighted by Gasteiger charge is 2.30. The zero-order valence-corrected chi connectivity index (χ0v) is 13.1. The van der Waals surface area contributed by atoms with Gasteiger partial charge in [0, 0.05) is 24.5 Å². The van der Waals surface area contributed by atoms with E-state index < -0.39 is 0 Å². The highest BCUT2D eigenvalue weighted by Crippen LogP contribution is 2.19. The van der Waals surface area contributed by atoms with Crippen molar-refractivity contribution in [3.63, 3.8) is 0 Å². The maximum absolute atomic E-state index is 12.6. The molecule has 1 unspecified atom stereocenters. The Hall–Kier alpha value is -1.59. The van der Waals surface area contributed by atoms with E-state index in [1.807, 2.05) is 25.1 Å². The number of hydrogen-bond acceptors (Lipinski definition) is 4. The summed E-state index contributed by atoms with van der Waals surface area (Å²) in [7, 11) is 0. The maximum Gasteiger partial charge on any atom is 0.241 e. The van der Waals surface area contributed by atoms with Crippen LogP contribution < -0.4 is 11.1 Å². The van der Waals surface area contributed by atoms with Gasteiger partial charge in [0.1, 0.15) is 0 Å². The predicted octanol–water partition coefficient (Wildman–Crippen LogP) is 1.87. The number of anilines is 2. The summed E-state index contributed by atoms with van der Waals surface area (Å²) in [4.78, 5) is 14.8. The third kappa shape index (κ3) is 3.95. The van der Waals surface area contributed by atoms with Gasteiger partial charge in [-0.1, -0.05) is 19.9 Å². The summed E-state index contributed by atoms with van der Waals surface area (Å²) in [5.41, 5.74) is 8.36. The molecule has 1 aliphatic rings. The fourth-order valence-electron chi connectivity index (χ4n) is 2.68. The Morgan fingerprint density at radius 1 is 1.33 bits per heavy atom. The molecule has 0 aromatic heterocycles. The largest absolute Gasteiger partial charge is 0.398 e. The quantitative estimate of drug-likeness (QED) is 0.831. The molecule has 116 valence electrons. The van der Waals surface area contributed by atoms with Crippen molar-refractivity contribution in [3.8, 4) is 0 Å². The molecule has 1 aromatic carbocycles. The van der Waals surface area contributed by atoms with Crippen LogP contribution in [0.3, 0.4) is 0 Å². The number of carbonyl (C=O) groups is 1. The number of benzene rings is 1. The number of morpholine rings is 1. The summed E-state index contributed by atoms with van der Waals surface area (Å²) in [5, 5.41) is 2.99. The number of amides is 1. The minimum Gasteiger partial charge on any atom is -0.398 e. The van der Waals surface area contributed by atoms with E-state index in [0.717, 1.165) is 24.3 Å².